The molecule has 10 nitrogen and oxygen atoms in total. The van der Waals surface area contributed by atoms with Crippen molar-refractivity contribution in [3.63, 3.8) is 0 Å². The van der Waals surface area contributed by atoms with Crippen molar-refractivity contribution in [2.75, 3.05) is 6.54 Å². The van der Waals surface area contributed by atoms with E-state index in [2.05, 4.69) is 0 Å². The van der Waals surface area contributed by atoms with Gasteiger partial charge in [-0.2, -0.15) is 0 Å². The molecule has 0 aliphatic rings. The minimum absolute atomic E-state index is 0. The summed E-state index contributed by atoms with van der Waals surface area (Å²) in [5.41, 5.74) is 9.85. The first-order valence-electron chi connectivity index (χ1n) is 5.19. The third kappa shape index (κ3) is 5980. The zero-order valence-corrected chi connectivity index (χ0v) is 12.4. The Hall–Kier alpha value is -0.984. The number of carboxylic acid groups (broad SMARTS) is 4. The van der Waals surface area contributed by atoms with Crippen LogP contribution in [0.1, 0.15) is 27.7 Å². The van der Waals surface area contributed by atoms with Gasteiger partial charge in [-0.25, -0.2) is 0 Å². The van der Waals surface area contributed by atoms with Crippen LogP contribution >= 0.6 is 0 Å². The van der Waals surface area contributed by atoms with Gasteiger partial charge >= 0.3 is 51.4 Å². The van der Waals surface area contributed by atoms with E-state index < -0.39 is 23.9 Å². The van der Waals surface area contributed by atoms with Crippen molar-refractivity contribution in [3.05, 3.63) is 12.3 Å². The van der Waals surface area contributed by atoms with Crippen molar-refractivity contribution < 1.29 is 39.6 Å². The molecule has 0 aliphatic carbocycles. The number of aliphatic carboxylic acids is 4. The fourth-order valence-electron chi connectivity index (χ4n) is 0.0786. The average molecular weight is 352 g/mol. The van der Waals surface area contributed by atoms with Gasteiger partial charge in [-0.15, -0.1) is 0 Å². The van der Waals surface area contributed by atoms with E-state index in [1.165, 1.54) is 6.20 Å². The SMILES string of the molecule is CC(=O)O.CC(=O)O.CC(=O)O.CC(=O)O.NC=CCN.[KH]. The Morgan fingerprint density at radius 1 is 0.773 bits per heavy atom. The minimum atomic E-state index is -0.833. The molecule has 0 rings (SSSR count). The first kappa shape index (κ1) is 37.3. The van der Waals surface area contributed by atoms with Gasteiger partial charge in [0.1, 0.15) is 0 Å². The summed E-state index contributed by atoms with van der Waals surface area (Å²) >= 11 is 0. The van der Waals surface area contributed by atoms with Crippen LogP contribution in [0.2, 0.25) is 0 Å². The van der Waals surface area contributed by atoms with Crippen LogP contribution in [0.4, 0.5) is 0 Å². The molecule has 0 fully saturated rings. The first-order valence-corrected chi connectivity index (χ1v) is 5.19. The molecule has 0 aliphatic heterocycles. The van der Waals surface area contributed by atoms with Gasteiger partial charge < -0.3 is 31.9 Å². The Morgan fingerprint density at radius 2 is 0.909 bits per heavy atom. The first-order chi connectivity index (χ1) is 9.34. The summed E-state index contributed by atoms with van der Waals surface area (Å²) in [5, 5.41) is 29.7. The van der Waals surface area contributed by atoms with E-state index in [1.807, 2.05) is 0 Å². The molecule has 11 heteroatoms. The second-order valence-corrected chi connectivity index (χ2v) is 2.74. The zero-order chi connectivity index (χ0) is 18.4. The van der Waals surface area contributed by atoms with Crippen molar-refractivity contribution in [2.45, 2.75) is 27.7 Å². The van der Waals surface area contributed by atoms with Gasteiger partial charge in [0.15, 0.2) is 0 Å². The van der Waals surface area contributed by atoms with Gasteiger partial charge in [-0.3, -0.25) is 19.2 Å². The van der Waals surface area contributed by atoms with Crippen LogP contribution in [-0.4, -0.2) is 102 Å². The molecular formula is C11H25KN2O8. The number of rotatable bonds is 1. The van der Waals surface area contributed by atoms with E-state index in [-0.39, 0.29) is 51.4 Å². The van der Waals surface area contributed by atoms with Gasteiger partial charge in [0, 0.05) is 34.2 Å². The van der Waals surface area contributed by atoms with Crippen molar-refractivity contribution in [3.8, 4) is 0 Å². The molecule has 0 aromatic heterocycles. The summed E-state index contributed by atoms with van der Waals surface area (Å²) in [6, 6.07) is 0. The molecule has 0 heterocycles. The second kappa shape index (κ2) is 36.8. The van der Waals surface area contributed by atoms with Crippen LogP contribution in [0.25, 0.3) is 0 Å². The molecular weight excluding hydrogens is 327 g/mol. The Kier molecular flexibility index (Phi) is 62.5. The topological polar surface area (TPSA) is 201 Å². The number of carboxylic acids is 4. The Balaban J connectivity index is -0.0000000361. The molecule has 0 saturated heterocycles. The quantitative estimate of drug-likeness (QED) is 0.322. The van der Waals surface area contributed by atoms with Crippen LogP contribution in [-0.2, 0) is 19.2 Å². The predicted molar refractivity (Wildman–Crippen MR) is 82.8 cm³/mol. The number of carbonyl (C=O) groups is 4. The monoisotopic (exact) mass is 352 g/mol. The summed E-state index contributed by atoms with van der Waals surface area (Å²) in [4.78, 5) is 36.0. The number of hydrogen-bond acceptors (Lipinski definition) is 6. The molecule has 0 radical (unpaired) electrons. The van der Waals surface area contributed by atoms with Gasteiger partial charge in [0.2, 0.25) is 0 Å². The van der Waals surface area contributed by atoms with E-state index >= 15 is 0 Å². The Bertz CT molecular complexity index is 244. The second-order valence-electron chi connectivity index (χ2n) is 2.74. The molecule has 0 bridgehead atoms. The third-order valence-corrected chi connectivity index (χ3v) is 0.272. The molecule has 0 spiro atoms. The normalized spacial score (nSPS) is 6.77. The number of hydrogen-bond donors (Lipinski definition) is 6. The van der Waals surface area contributed by atoms with Gasteiger partial charge in [0.05, 0.1) is 0 Å². The summed E-state index contributed by atoms with van der Waals surface area (Å²) in [7, 11) is 0. The molecule has 0 aromatic carbocycles. The molecule has 0 aromatic rings. The van der Waals surface area contributed by atoms with Crippen LogP contribution in [0.3, 0.4) is 0 Å². The van der Waals surface area contributed by atoms with E-state index in [4.69, 9.17) is 51.1 Å². The van der Waals surface area contributed by atoms with Crippen LogP contribution < -0.4 is 11.5 Å². The average Bonchev–Trinajstić information content (AvgIpc) is 2.14. The van der Waals surface area contributed by atoms with E-state index in [0.717, 1.165) is 27.7 Å². The summed E-state index contributed by atoms with van der Waals surface area (Å²) in [6.07, 6.45) is 3.11. The molecule has 0 atom stereocenters. The van der Waals surface area contributed by atoms with Crippen molar-refractivity contribution >= 4 is 75.3 Å². The maximum absolute atomic E-state index is 9.00. The predicted octanol–water partition coefficient (Wildman–Crippen LogP) is -0.867. The zero-order valence-electron chi connectivity index (χ0n) is 12.4. The fourth-order valence-corrected chi connectivity index (χ4v) is 0.0786. The Morgan fingerprint density at radius 3 is 0.909 bits per heavy atom. The van der Waals surface area contributed by atoms with Crippen molar-refractivity contribution in [2.24, 2.45) is 11.5 Å². The molecule has 22 heavy (non-hydrogen) atoms. The van der Waals surface area contributed by atoms with Gasteiger partial charge in [0.25, 0.3) is 23.9 Å². The molecule has 0 saturated carbocycles. The van der Waals surface area contributed by atoms with Crippen molar-refractivity contribution in [1.82, 2.24) is 0 Å². The summed E-state index contributed by atoms with van der Waals surface area (Å²) < 4.78 is 0. The standard InChI is InChI=1S/C3H8N2.4C2H4O2.K.H/c4-2-1-3-5;4*1-2(3)4;;/h1-2H,3-5H2;4*1H3,(H,3,4);;. The van der Waals surface area contributed by atoms with E-state index in [1.54, 1.807) is 6.08 Å². The van der Waals surface area contributed by atoms with Gasteiger partial charge in [-0.05, 0) is 6.20 Å². The van der Waals surface area contributed by atoms with Crippen LogP contribution in [0.15, 0.2) is 12.3 Å². The fraction of sp³-hybridized carbons (Fsp3) is 0.455. The summed E-state index contributed by atoms with van der Waals surface area (Å²) in [6.45, 7) is 4.87. The molecule has 128 valence electrons. The molecule has 0 unspecified atom stereocenters. The van der Waals surface area contributed by atoms with Crippen LogP contribution in [0.5, 0.6) is 0 Å². The van der Waals surface area contributed by atoms with E-state index in [0.29, 0.717) is 6.54 Å². The summed E-state index contributed by atoms with van der Waals surface area (Å²) in [5.74, 6) is -3.33. The van der Waals surface area contributed by atoms with Gasteiger partial charge in [-0.1, -0.05) is 6.08 Å². The molecule has 0 amide bonds. The van der Waals surface area contributed by atoms with Crippen LogP contribution in [0, 0.1) is 0 Å². The Labute approximate surface area is 171 Å². The van der Waals surface area contributed by atoms with Crippen molar-refractivity contribution in [1.29, 1.82) is 0 Å². The molecule has 8 N–H and O–H groups in total. The third-order valence-electron chi connectivity index (χ3n) is 0.272. The maximum atomic E-state index is 9.00. The van der Waals surface area contributed by atoms with E-state index in [9.17, 15) is 0 Å². The number of nitrogens with two attached hydrogens (primary N) is 2.